The van der Waals surface area contributed by atoms with Gasteiger partial charge in [0.15, 0.2) is 5.69 Å². The molecule has 8 heteroatoms. The van der Waals surface area contributed by atoms with Gasteiger partial charge in [0.1, 0.15) is 0 Å². The molecule has 0 saturated carbocycles. The van der Waals surface area contributed by atoms with Gasteiger partial charge in [-0.15, -0.1) is 5.10 Å². The Morgan fingerprint density at radius 3 is 2.82 bits per heavy atom. The number of carboxylic acid groups (broad SMARTS) is 1. The predicted molar refractivity (Wildman–Crippen MR) is 80.1 cm³/mol. The molecule has 1 heterocycles. The first-order chi connectivity index (χ1) is 10.4. The molecule has 1 N–H and O–H groups in total. The molecule has 1 aromatic carbocycles. The van der Waals surface area contributed by atoms with Crippen LogP contribution < -0.4 is 0 Å². The minimum absolute atomic E-state index is 0.0954. The van der Waals surface area contributed by atoms with Crippen LogP contribution in [0.2, 0.25) is 5.02 Å². The van der Waals surface area contributed by atoms with Crippen LogP contribution in [-0.4, -0.2) is 50.5 Å². The highest BCUT2D eigenvalue weighted by molar-refractivity contribution is 6.30. The maximum Gasteiger partial charge on any atom is 0.308 e. The van der Waals surface area contributed by atoms with E-state index >= 15 is 0 Å². The summed E-state index contributed by atoms with van der Waals surface area (Å²) >= 11 is 5.91. The van der Waals surface area contributed by atoms with Gasteiger partial charge in [0.2, 0.25) is 0 Å². The number of carbonyl (C=O) groups excluding carboxylic acids is 1. The van der Waals surface area contributed by atoms with E-state index in [2.05, 4.69) is 10.3 Å². The van der Waals surface area contributed by atoms with Crippen LogP contribution in [-0.2, 0) is 4.79 Å². The van der Waals surface area contributed by atoms with E-state index in [4.69, 9.17) is 16.7 Å². The van der Waals surface area contributed by atoms with Crippen molar-refractivity contribution < 1.29 is 14.7 Å². The maximum atomic E-state index is 12.2. The van der Waals surface area contributed by atoms with Gasteiger partial charge in [0.25, 0.3) is 5.91 Å². The molecular weight excluding hydrogens is 308 g/mol. The fourth-order valence-corrected chi connectivity index (χ4v) is 2.06. The second kappa shape index (κ2) is 6.57. The topological polar surface area (TPSA) is 88.3 Å². The first kappa shape index (κ1) is 16.0. The normalized spacial score (nSPS) is 12.0. The molecule has 0 spiro atoms. The van der Waals surface area contributed by atoms with Gasteiger partial charge in [-0.3, -0.25) is 9.59 Å². The molecule has 0 saturated heterocycles. The Morgan fingerprint density at radius 2 is 2.18 bits per heavy atom. The number of hydrogen-bond acceptors (Lipinski definition) is 4. The van der Waals surface area contributed by atoms with Crippen LogP contribution in [0.3, 0.4) is 0 Å². The molecule has 1 unspecified atom stereocenters. The van der Waals surface area contributed by atoms with Crippen molar-refractivity contribution in [3.8, 4) is 5.69 Å². The summed E-state index contributed by atoms with van der Waals surface area (Å²) in [4.78, 5) is 24.3. The molecule has 0 bridgehead atoms. The molecule has 116 valence electrons. The van der Waals surface area contributed by atoms with Gasteiger partial charge in [0.05, 0.1) is 17.8 Å². The molecule has 2 aromatic rings. The van der Waals surface area contributed by atoms with E-state index in [-0.39, 0.29) is 18.1 Å². The van der Waals surface area contributed by atoms with Crippen molar-refractivity contribution in [2.45, 2.75) is 6.92 Å². The molecule has 2 rings (SSSR count). The summed E-state index contributed by atoms with van der Waals surface area (Å²) < 4.78 is 1.44. The van der Waals surface area contributed by atoms with Crippen molar-refractivity contribution in [3.63, 3.8) is 0 Å². The molecule has 7 nitrogen and oxygen atoms in total. The van der Waals surface area contributed by atoms with Crippen molar-refractivity contribution in [2.75, 3.05) is 13.6 Å². The molecule has 1 amide bonds. The number of carbonyl (C=O) groups is 2. The van der Waals surface area contributed by atoms with E-state index < -0.39 is 11.9 Å². The number of aliphatic carboxylic acids is 1. The molecule has 0 radical (unpaired) electrons. The van der Waals surface area contributed by atoms with Crippen LogP contribution in [0.5, 0.6) is 0 Å². The van der Waals surface area contributed by atoms with Gasteiger partial charge in [-0.1, -0.05) is 29.8 Å². The summed E-state index contributed by atoms with van der Waals surface area (Å²) in [7, 11) is 1.53. The number of benzene rings is 1. The van der Waals surface area contributed by atoms with Gasteiger partial charge >= 0.3 is 5.97 Å². The average Bonchev–Trinajstić information content (AvgIpc) is 2.96. The molecule has 0 fully saturated rings. The van der Waals surface area contributed by atoms with Gasteiger partial charge in [0, 0.05) is 18.6 Å². The third kappa shape index (κ3) is 3.62. The summed E-state index contributed by atoms with van der Waals surface area (Å²) in [6.07, 6.45) is 1.48. The Balaban J connectivity index is 2.14. The summed E-state index contributed by atoms with van der Waals surface area (Å²) in [5.74, 6) is -2.00. The number of aromatic nitrogens is 3. The van der Waals surface area contributed by atoms with E-state index in [1.54, 1.807) is 24.3 Å². The van der Waals surface area contributed by atoms with Crippen molar-refractivity contribution in [1.29, 1.82) is 0 Å². The molecular formula is C14H15ClN4O3. The molecule has 1 atom stereocenters. The number of carboxylic acids is 1. The monoisotopic (exact) mass is 322 g/mol. The Morgan fingerprint density at radius 1 is 1.45 bits per heavy atom. The van der Waals surface area contributed by atoms with Crippen LogP contribution >= 0.6 is 11.6 Å². The molecule has 0 aliphatic heterocycles. The highest BCUT2D eigenvalue weighted by Gasteiger charge is 2.20. The molecule has 22 heavy (non-hydrogen) atoms. The Kier molecular flexibility index (Phi) is 4.77. The number of amides is 1. The molecule has 0 aliphatic rings. The average molecular weight is 323 g/mol. The lowest BCUT2D eigenvalue weighted by Crippen LogP contribution is -2.33. The SMILES string of the molecule is CC(CN(C)C(=O)c1cn(-c2cccc(Cl)c2)nn1)C(=O)O. The second-order valence-electron chi connectivity index (χ2n) is 4.95. The van der Waals surface area contributed by atoms with Crippen molar-refractivity contribution in [3.05, 3.63) is 41.2 Å². The van der Waals surface area contributed by atoms with Crippen molar-refractivity contribution in [1.82, 2.24) is 19.9 Å². The van der Waals surface area contributed by atoms with E-state index in [1.165, 1.54) is 29.7 Å². The van der Waals surface area contributed by atoms with Gasteiger partial charge < -0.3 is 10.0 Å². The third-order valence-corrected chi connectivity index (χ3v) is 3.34. The van der Waals surface area contributed by atoms with Crippen LogP contribution in [0.25, 0.3) is 5.69 Å². The Hall–Kier alpha value is -2.41. The number of nitrogens with zero attached hydrogens (tertiary/aromatic N) is 4. The minimum Gasteiger partial charge on any atom is -0.481 e. The Labute approximate surface area is 132 Å². The van der Waals surface area contributed by atoms with Crippen LogP contribution in [0, 0.1) is 5.92 Å². The highest BCUT2D eigenvalue weighted by atomic mass is 35.5. The molecule has 1 aromatic heterocycles. The van der Waals surface area contributed by atoms with E-state index in [1.807, 2.05) is 0 Å². The highest BCUT2D eigenvalue weighted by Crippen LogP contribution is 2.14. The first-order valence-electron chi connectivity index (χ1n) is 6.55. The zero-order valence-electron chi connectivity index (χ0n) is 12.1. The lowest BCUT2D eigenvalue weighted by molar-refractivity contribution is -0.141. The van der Waals surface area contributed by atoms with Crippen LogP contribution in [0.1, 0.15) is 17.4 Å². The number of rotatable bonds is 5. The summed E-state index contributed by atoms with van der Waals surface area (Å²) in [6, 6.07) is 6.97. The van der Waals surface area contributed by atoms with Gasteiger partial charge in [-0.25, -0.2) is 4.68 Å². The quantitative estimate of drug-likeness (QED) is 0.905. The zero-order valence-corrected chi connectivity index (χ0v) is 12.9. The van der Waals surface area contributed by atoms with Crippen molar-refractivity contribution in [2.24, 2.45) is 5.92 Å². The predicted octanol–water partition coefficient (Wildman–Crippen LogP) is 1.71. The standard InChI is InChI=1S/C14H15ClN4O3/c1-9(14(21)22)7-18(2)13(20)12-8-19(17-16-12)11-5-3-4-10(15)6-11/h3-6,8-9H,7H2,1-2H3,(H,21,22). The van der Waals surface area contributed by atoms with Gasteiger partial charge in [-0.05, 0) is 18.2 Å². The van der Waals surface area contributed by atoms with Crippen molar-refractivity contribution >= 4 is 23.5 Å². The largest absolute Gasteiger partial charge is 0.481 e. The fourth-order valence-electron chi connectivity index (χ4n) is 1.87. The van der Waals surface area contributed by atoms with E-state index in [0.717, 1.165) is 0 Å². The lowest BCUT2D eigenvalue weighted by atomic mass is 10.2. The number of halogens is 1. The Bertz CT molecular complexity index is 701. The summed E-state index contributed by atoms with van der Waals surface area (Å²) in [5.41, 5.74) is 0.820. The number of hydrogen-bond donors (Lipinski definition) is 1. The maximum absolute atomic E-state index is 12.2. The fraction of sp³-hybridized carbons (Fsp3) is 0.286. The minimum atomic E-state index is -0.956. The smallest absolute Gasteiger partial charge is 0.308 e. The van der Waals surface area contributed by atoms with Crippen LogP contribution in [0.4, 0.5) is 0 Å². The zero-order chi connectivity index (χ0) is 16.3. The molecule has 0 aliphatic carbocycles. The lowest BCUT2D eigenvalue weighted by Gasteiger charge is -2.17. The summed E-state index contributed by atoms with van der Waals surface area (Å²) in [6.45, 7) is 1.63. The van der Waals surface area contributed by atoms with E-state index in [9.17, 15) is 9.59 Å². The first-order valence-corrected chi connectivity index (χ1v) is 6.93. The third-order valence-electron chi connectivity index (χ3n) is 3.10. The van der Waals surface area contributed by atoms with E-state index in [0.29, 0.717) is 10.7 Å². The van der Waals surface area contributed by atoms with Gasteiger partial charge in [-0.2, -0.15) is 0 Å². The van der Waals surface area contributed by atoms with Crippen LogP contribution in [0.15, 0.2) is 30.5 Å². The summed E-state index contributed by atoms with van der Waals surface area (Å²) in [5, 5.41) is 17.1. The second-order valence-corrected chi connectivity index (χ2v) is 5.39.